The molecule has 0 bridgehead atoms. The van der Waals surface area contributed by atoms with Gasteiger partial charge in [0.2, 0.25) is 10.0 Å². The molecule has 1 aromatic heterocycles. The summed E-state index contributed by atoms with van der Waals surface area (Å²) < 4.78 is 32.4. The predicted octanol–water partition coefficient (Wildman–Crippen LogP) is 3.23. The molecular weight excluding hydrogens is 388 g/mol. The molecule has 0 radical (unpaired) electrons. The number of hydrogen-bond acceptors (Lipinski definition) is 4. The molecule has 0 atom stereocenters. The third-order valence-corrected chi connectivity index (χ3v) is 6.74. The fourth-order valence-electron chi connectivity index (χ4n) is 3.15. The summed E-state index contributed by atoms with van der Waals surface area (Å²) in [6, 6.07) is 15.1. The number of furan rings is 1. The highest BCUT2D eigenvalue weighted by atomic mass is 35.5. The average molecular weight is 405 g/mol. The lowest BCUT2D eigenvalue weighted by Crippen LogP contribution is -2.50. The van der Waals surface area contributed by atoms with Crippen molar-refractivity contribution in [2.24, 2.45) is 0 Å². The summed E-state index contributed by atoms with van der Waals surface area (Å²) >= 11 is 5.97. The minimum Gasteiger partial charge on any atom is -0.451 e. The maximum absolute atomic E-state index is 12.7. The Bertz CT molecular complexity index is 1090. The van der Waals surface area contributed by atoms with Crippen LogP contribution < -0.4 is 0 Å². The summed E-state index contributed by atoms with van der Waals surface area (Å²) in [6.07, 6.45) is 0. The van der Waals surface area contributed by atoms with Gasteiger partial charge >= 0.3 is 0 Å². The van der Waals surface area contributed by atoms with E-state index in [9.17, 15) is 13.2 Å². The van der Waals surface area contributed by atoms with Gasteiger partial charge in [0.25, 0.3) is 5.91 Å². The first-order valence-electron chi connectivity index (χ1n) is 8.49. The molecule has 0 spiro atoms. The fraction of sp³-hybridized carbons (Fsp3) is 0.211. The normalized spacial score (nSPS) is 16.0. The van der Waals surface area contributed by atoms with Gasteiger partial charge in [0, 0.05) is 36.6 Å². The molecular formula is C19H17ClN2O4S. The van der Waals surface area contributed by atoms with Gasteiger partial charge in [0.1, 0.15) is 5.58 Å². The molecule has 4 rings (SSSR count). The first kappa shape index (κ1) is 18.0. The molecule has 8 heteroatoms. The Balaban J connectivity index is 1.47. The van der Waals surface area contributed by atoms with E-state index in [2.05, 4.69) is 0 Å². The van der Waals surface area contributed by atoms with Gasteiger partial charge < -0.3 is 9.32 Å². The molecule has 1 amide bonds. The van der Waals surface area contributed by atoms with Crippen LogP contribution in [0.3, 0.4) is 0 Å². The highest BCUT2D eigenvalue weighted by Crippen LogP contribution is 2.24. The lowest BCUT2D eigenvalue weighted by molar-refractivity contribution is 0.0668. The van der Waals surface area contributed by atoms with Crippen LogP contribution in [0.5, 0.6) is 0 Å². The average Bonchev–Trinajstić information content (AvgIpc) is 3.11. The number of nitrogens with zero attached hydrogens (tertiary/aromatic N) is 2. The van der Waals surface area contributed by atoms with Crippen molar-refractivity contribution in [3.8, 4) is 0 Å². The van der Waals surface area contributed by atoms with Gasteiger partial charge in [-0.15, -0.1) is 0 Å². The van der Waals surface area contributed by atoms with Gasteiger partial charge in [-0.05, 0) is 36.4 Å². The zero-order valence-electron chi connectivity index (χ0n) is 14.3. The number of piperazine rings is 1. The minimum atomic E-state index is -3.54. The smallest absolute Gasteiger partial charge is 0.289 e. The van der Waals surface area contributed by atoms with Crippen LogP contribution in [0.2, 0.25) is 5.02 Å². The van der Waals surface area contributed by atoms with E-state index < -0.39 is 10.0 Å². The molecule has 1 aliphatic heterocycles. The molecule has 140 valence electrons. The van der Waals surface area contributed by atoms with E-state index in [-0.39, 0.29) is 29.7 Å². The van der Waals surface area contributed by atoms with Gasteiger partial charge in [-0.25, -0.2) is 8.42 Å². The Labute approximate surface area is 162 Å². The van der Waals surface area contributed by atoms with Gasteiger partial charge in [-0.1, -0.05) is 29.8 Å². The summed E-state index contributed by atoms with van der Waals surface area (Å²) in [5.41, 5.74) is 0.591. The fourth-order valence-corrected chi connectivity index (χ4v) is 4.77. The number of sulfonamides is 1. The first-order chi connectivity index (χ1) is 12.9. The molecule has 6 nitrogen and oxygen atoms in total. The number of rotatable bonds is 3. The van der Waals surface area contributed by atoms with Crippen LogP contribution in [-0.2, 0) is 10.0 Å². The number of fused-ring (bicyclic) bond motifs is 1. The molecule has 0 aliphatic carbocycles. The lowest BCUT2D eigenvalue weighted by Gasteiger charge is -2.33. The first-order valence-corrected chi connectivity index (χ1v) is 10.3. The Morgan fingerprint density at radius 1 is 0.963 bits per heavy atom. The van der Waals surface area contributed by atoms with E-state index in [1.165, 1.54) is 4.31 Å². The second kappa shape index (κ2) is 6.99. The Morgan fingerprint density at radius 2 is 1.67 bits per heavy atom. The van der Waals surface area contributed by atoms with Crippen LogP contribution in [0, 0.1) is 0 Å². The van der Waals surface area contributed by atoms with E-state index in [1.807, 2.05) is 0 Å². The zero-order valence-corrected chi connectivity index (χ0v) is 15.9. The van der Waals surface area contributed by atoms with E-state index in [0.29, 0.717) is 23.7 Å². The third kappa shape index (κ3) is 3.45. The number of carbonyl (C=O) groups excluding carboxylic acids is 1. The molecule has 0 N–H and O–H groups in total. The highest BCUT2D eigenvalue weighted by molar-refractivity contribution is 7.89. The zero-order chi connectivity index (χ0) is 19.0. The molecule has 2 aromatic carbocycles. The number of hydrogen-bond donors (Lipinski definition) is 0. The monoisotopic (exact) mass is 404 g/mol. The van der Waals surface area contributed by atoms with Crippen LogP contribution in [-0.4, -0.2) is 49.7 Å². The summed E-state index contributed by atoms with van der Waals surface area (Å²) in [4.78, 5) is 14.6. The Morgan fingerprint density at radius 3 is 2.37 bits per heavy atom. The van der Waals surface area contributed by atoms with Crippen LogP contribution in [0.15, 0.2) is 63.9 Å². The predicted molar refractivity (Wildman–Crippen MR) is 102 cm³/mol. The third-order valence-electron chi connectivity index (χ3n) is 4.60. The van der Waals surface area contributed by atoms with Crippen molar-refractivity contribution in [2.75, 3.05) is 26.2 Å². The van der Waals surface area contributed by atoms with Crippen molar-refractivity contribution in [1.82, 2.24) is 9.21 Å². The number of carbonyl (C=O) groups is 1. The van der Waals surface area contributed by atoms with E-state index in [4.69, 9.17) is 16.0 Å². The van der Waals surface area contributed by atoms with Crippen molar-refractivity contribution in [1.29, 1.82) is 0 Å². The van der Waals surface area contributed by atoms with Crippen molar-refractivity contribution in [3.05, 3.63) is 65.4 Å². The second-order valence-corrected chi connectivity index (χ2v) is 8.68. The van der Waals surface area contributed by atoms with Crippen LogP contribution >= 0.6 is 11.6 Å². The van der Waals surface area contributed by atoms with Gasteiger partial charge in [-0.3, -0.25) is 4.79 Å². The topological polar surface area (TPSA) is 70.8 Å². The maximum atomic E-state index is 12.7. The van der Waals surface area contributed by atoms with Crippen LogP contribution in [0.1, 0.15) is 10.6 Å². The standard InChI is InChI=1S/C19H17ClN2O4S/c20-15-6-7-17-14(12-15)13-18(26-17)19(23)21-8-10-22(11-9-21)27(24,25)16-4-2-1-3-5-16/h1-7,12-13H,8-11H2. The number of benzene rings is 2. The SMILES string of the molecule is O=C(c1cc2cc(Cl)ccc2o1)N1CCN(S(=O)(=O)c2ccccc2)CC1. The molecule has 1 saturated heterocycles. The minimum absolute atomic E-state index is 0.228. The molecule has 1 aliphatic rings. The van der Waals surface area contributed by atoms with Crippen molar-refractivity contribution < 1.29 is 17.6 Å². The van der Waals surface area contributed by atoms with Gasteiger partial charge in [-0.2, -0.15) is 4.31 Å². The Kier molecular flexibility index (Phi) is 4.67. The largest absolute Gasteiger partial charge is 0.451 e. The van der Waals surface area contributed by atoms with Crippen LogP contribution in [0.25, 0.3) is 11.0 Å². The maximum Gasteiger partial charge on any atom is 0.289 e. The van der Waals surface area contributed by atoms with Gasteiger partial charge in [0.15, 0.2) is 5.76 Å². The Hall–Kier alpha value is -2.35. The lowest BCUT2D eigenvalue weighted by atomic mass is 10.2. The number of amides is 1. The molecule has 0 unspecified atom stereocenters. The quantitative estimate of drug-likeness (QED) is 0.672. The second-order valence-electron chi connectivity index (χ2n) is 6.30. The summed E-state index contributed by atoms with van der Waals surface area (Å²) in [7, 11) is -3.54. The summed E-state index contributed by atoms with van der Waals surface area (Å²) in [5, 5.41) is 1.33. The van der Waals surface area contributed by atoms with E-state index in [0.717, 1.165) is 5.39 Å². The molecule has 27 heavy (non-hydrogen) atoms. The van der Waals surface area contributed by atoms with Gasteiger partial charge in [0.05, 0.1) is 4.90 Å². The molecule has 1 fully saturated rings. The number of halogens is 1. The highest BCUT2D eigenvalue weighted by Gasteiger charge is 2.31. The van der Waals surface area contributed by atoms with Crippen molar-refractivity contribution in [3.63, 3.8) is 0 Å². The summed E-state index contributed by atoms with van der Waals surface area (Å²) in [5.74, 6) is -0.0225. The van der Waals surface area contributed by atoms with Crippen molar-refractivity contribution >= 4 is 38.5 Å². The van der Waals surface area contributed by atoms with E-state index in [1.54, 1.807) is 59.5 Å². The van der Waals surface area contributed by atoms with Crippen LogP contribution in [0.4, 0.5) is 0 Å². The van der Waals surface area contributed by atoms with E-state index >= 15 is 0 Å². The summed E-state index contributed by atoms with van der Waals surface area (Å²) in [6.45, 7) is 1.11. The molecule has 0 saturated carbocycles. The van der Waals surface area contributed by atoms with Crippen molar-refractivity contribution in [2.45, 2.75) is 4.90 Å². The molecule has 3 aromatic rings. The molecule has 2 heterocycles.